The third-order valence-corrected chi connectivity index (χ3v) is 2.16. The van der Waals surface area contributed by atoms with E-state index in [2.05, 4.69) is 15.0 Å². The minimum atomic E-state index is 0.325. The van der Waals surface area contributed by atoms with E-state index in [1.54, 1.807) is 0 Å². The fourth-order valence-corrected chi connectivity index (χ4v) is 1.44. The normalized spacial score (nSPS) is 18.3. The molecule has 1 saturated heterocycles. The third-order valence-electron chi connectivity index (χ3n) is 2.16. The quantitative estimate of drug-likeness (QED) is 0.651. The average molecular weight is 181 g/mol. The minimum Gasteiger partial charge on any atom is -0.340 e. The largest absolute Gasteiger partial charge is 0.340 e. The molecule has 1 aliphatic rings. The van der Waals surface area contributed by atoms with E-state index < -0.39 is 0 Å². The fourth-order valence-electron chi connectivity index (χ4n) is 1.44. The van der Waals surface area contributed by atoms with Gasteiger partial charge in [0.1, 0.15) is 5.78 Å². The van der Waals surface area contributed by atoms with Crippen LogP contribution in [0.1, 0.15) is 12.3 Å². The highest BCUT2D eigenvalue weighted by molar-refractivity contribution is 5.82. The van der Waals surface area contributed by atoms with E-state index in [0.717, 1.165) is 19.5 Å². The third kappa shape index (κ3) is 2.12. The van der Waals surface area contributed by atoms with Crippen LogP contribution in [0.5, 0.6) is 0 Å². The summed E-state index contributed by atoms with van der Waals surface area (Å²) in [5, 5.41) is 3.51. The van der Waals surface area contributed by atoms with Gasteiger partial charge in [-0.15, -0.1) is 0 Å². The molecule has 1 aliphatic heterocycles. The molecule has 2 rings (SSSR count). The maximum Gasteiger partial charge on any atom is 0.227 e. The molecule has 0 atom stereocenters. The predicted octanol–water partition coefficient (Wildman–Crippen LogP) is -0.113. The van der Waals surface area contributed by atoms with Crippen LogP contribution in [-0.2, 0) is 11.2 Å². The molecular formula is C8H11N3O2. The molecule has 0 radical (unpaired) electrons. The topological polar surface area (TPSA) is 59.2 Å². The first-order valence-electron chi connectivity index (χ1n) is 4.34. The number of hydrogen-bond acceptors (Lipinski definition) is 5. The molecule has 1 aromatic heterocycles. The Labute approximate surface area is 75.7 Å². The van der Waals surface area contributed by atoms with Crippen molar-refractivity contribution in [2.45, 2.75) is 12.8 Å². The van der Waals surface area contributed by atoms with Crippen LogP contribution >= 0.6 is 0 Å². The highest BCUT2D eigenvalue weighted by Gasteiger charge is 2.18. The lowest BCUT2D eigenvalue weighted by Crippen LogP contribution is -2.23. The number of carbonyl (C=O) groups excluding carboxylic acids is 1. The first-order valence-corrected chi connectivity index (χ1v) is 4.34. The monoisotopic (exact) mass is 181 g/mol. The Morgan fingerprint density at radius 3 is 3.15 bits per heavy atom. The molecule has 1 fully saturated rings. The van der Waals surface area contributed by atoms with Gasteiger partial charge in [0.05, 0.1) is 6.54 Å². The van der Waals surface area contributed by atoms with Gasteiger partial charge < -0.3 is 4.52 Å². The Morgan fingerprint density at radius 1 is 1.62 bits per heavy atom. The predicted molar refractivity (Wildman–Crippen MR) is 44.1 cm³/mol. The van der Waals surface area contributed by atoms with E-state index in [1.165, 1.54) is 6.33 Å². The van der Waals surface area contributed by atoms with E-state index in [0.29, 0.717) is 24.6 Å². The van der Waals surface area contributed by atoms with Gasteiger partial charge in [-0.2, -0.15) is 4.98 Å². The van der Waals surface area contributed by atoms with E-state index in [1.807, 2.05) is 0 Å². The number of ketones is 1. The van der Waals surface area contributed by atoms with Crippen molar-refractivity contribution in [3.8, 4) is 0 Å². The van der Waals surface area contributed by atoms with Crippen LogP contribution in [0, 0.1) is 0 Å². The lowest BCUT2D eigenvalue weighted by molar-refractivity contribution is -0.116. The number of rotatable bonds is 3. The van der Waals surface area contributed by atoms with E-state index >= 15 is 0 Å². The number of carbonyl (C=O) groups is 1. The standard InChI is InChI=1S/C8H11N3O2/c12-7-1-3-11(5-7)4-2-8-9-6-10-13-8/h6H,1-5H2. The highest BCUT2D eigenvalue weighted by Crippen LogP contribution is 2.05. The lowest BCUT2D eigenvalue weighted by atomic mass is 10.4. The molecule has 0 unspecified atom stereocenters. The molecule has 0 N–H and O–H groups in total. The molecule has 0 saturated carbocycles. The van der Waals surface area contributed by atoms with Crippen molar-refractivity contribution < 1.29 is 9.32 Å². The SMILES string of the molecule is O=C1CCN(CCc2ncno2)C1. The van der Waals surface area contributed by atoms with Crippen molar-refractivity contribution in [3.63, 3.8) is 0 Å². The zero-order chi connectivity index (χ0) is 9.10. The first kappa shape index (κ1) is 8.37. The first-order chi connectivity index (χ1) is 6.34. The molecule has 5 heteroatoms. The highest BCUT2D eigenvalue weighted by atomic mass is 16.5. The van der Waals surface area contributed by atoms with Crippen LogP contribution in [0.25, 0.3) is 0 Å². The zero-order valence-corrected chi connectivity index (χ0v) is 7.27. The second-order valence-electron chi connectivity index (χ2n) is 3.15. The number of likely N-dealkylation sites (tertiary alicyclic amines) is 1. The number of nitrogens with zero attached hydrogens (tertiary/aromatic N) is 3. The summed E-state index contributed by atoms with van der Waals surface area (Å²) < 4.78 is 4.85. The van der Waals surface area contributed by atoms with Crippen molar-refractivity contribution in [2.75, 3.05) is 19.6 Å². The Kier molecular flexibility index (Phi) is 2.35. The molecule has 5 nitrogen and oxygen atoms in total. The van der Waals surface area contributed by atoms with Crippen molar-refractivity contribution in [3.05, 3.63) is 12.2 Å². The molecule has 0 aromatic carbocycles. The van der Waals surface area contributed by atoms with Crippen molar-refractivity contribution in [1.82, 2.24) is 15.0 Å². The summed E-state index contributed by atoms with van der Waals surface area (Å²) in [7, 11) is 0. The maximum absolute atomic E-state index is 10.9. The maximum atomic E-state index is 10.9. The molecule has 2 heterocycles. The fraction of sp³-hybridized carbons (Fsp3) is 0.625. The van der Waals surface area contributed by atoms with Crippen LogP contribution in [0.2, 0.25) is 0 Å². The van der Waals surface area contributed by atoms with Gasteiger partial charge in [-0.05, 0) is 0 Å². The summed E-state index contributed by atoms with van der Waals surface area (Å²) in [6.45, 7) is 2.27. The Balaban J connectivity index is 1.77. The number of Topliss-reactive ketones (excluding diaryl/α,β-unsaturated/α-hetero) is 1. The van der Waals surface area contributed by atoms with Crippen LogP contribution < -0.4 is 0 Å². The van der Waals surface area contributed by atoms with Crippen LogP contribution in [0.15, 0.2) is 10.9 Å². The van der Waals surface area contributed by atoms with Crippen LogP contribution in [0.4, 0.5) is 0 Å². The molecule has 1 aromatic rings. The molecule has 0 bridgehead atoms. The number of hydrogen-bond donors (Lipinski definition) is 0. The Hall–Kier alpha value is -1.23. The Bertz CT molecular complexity index is 284. The van der Waals surface area contributed by atoms with E-state index in [4.69, 9.17) is 4.52 Å². The van der Waals surface area contributed by atoms with Crippen molar-refractivity contribution >= 4 is 5.78 Å². The minimum absolute atomic E-state index is 0.325. The second kappa shape index (κ2) is 3.66. The lowest BCUT2D eigenvalue weighted by Gasteiger charge is -2.10. The number of aromatic nitrogens is 2. The summed E-state index contributed by atoms with van der Waals surface area (Å²) >= 11 is 0. The summed E-state index contributed by atoms with van der Waals surface area (Å²) in [4.78, 5) is 16.9. The molecule has 70 valence electrons. The van der Waals surface area contributed by atoms with E-state index in [9.17, 15) is 4.79 Å². The summed E-state index contributed by atoms with van der Waals surface area (Å²) in [6, 6.07) is 0. The van der Waals surface area contributed by atoms with Crippen LogP contribution in [0.3, 0.4) is 0 Å². The molecular weight excluding hydrogens is 170 g/mol. The van der Waals surface area contributed by atoms with Gasteiger partial charge >= 0.3 is 0 Å². The van der Waals surface area contributed by atoms with Gasteiger partial charge in [0.25, 0.3) is 0 Å². The summed E-state index contributed by atoms with van der Waals surface area (Å²) in [6.07, 6.45) is 2.81. The molecule has 13 heavy (non-hydrogen) atoms. The Morgan fingerprint density at radius 2 is 2.54 bits per heavy atom. The van der Waals surface area contributed by atoms with E-state index in [-0.39, 0.29) is 0 Å². The molecule has 0 spiro atoms. The van der Waals surface area contributed by atoms with Gasteiger partial charge in [0, 0.05) is 25.9 Å². The summed E-state index contributed by atoms with van der Waals surface area (Å²) in [5.41, 5.74) is 0. The van der Waals surface area contributed by atoms with Crippen LogP contribution in [-0.4, -0.2) is 40.5 Å². The van der Waals surface area contributed by atoms with Gasteiger partial charge in [0.2, 0.25) is 5.89 Å². The average Bonchev–Trinajstić information content (AvgIpc) is 2.71. The van der Waals surface area contributed by atoms with Gasteiger partial charge in [0.15, 0.2) is 6.33 Å². The molecule has 0 amide bonds. The van der Waals surface area contributed by atoms with Crippen molar-refractivity contribution in [1.29, 1.82) is 0 Å². The zero-order valence-electron chi connectivity index (χ0n) is 7.27. The molecule has 0 aliphatic carbocycles. The second-order valence-corrected chi connectivity index (χ2v) is 3.15. The van der Waals surface area contributed by atoms with Gasteiger partial charge in [-0.25, -0.2) is 0 Å². The van der Waals surface area contributed by atoms with Gasteiger partial charge in [-0.3, -0.25) is 9.69 Å². The van der Waals surface area contributed by atoms with Gasteiger partial charge in [-0.1, -0.05) is 5.16 Å². The van der Waals surface area contributed by atoms with Crippen molar-refractivity contribution in [2.24, 2.45) is 0 Å². The smallest absolute Gasteiger partial charge is 0.227 e. The summed E-state index contributed by atoms with van der Waals surface area (Å²) in [5.74, 6) is 0.963.